The number of carbonyl (C=O) groups is 1. The Morgan fingerprint density at radius 1 is 1.10 bits per heavy atom. The monoisotopic (exact) mass is 405 g/mol. The second-order valence-electron chi connectivity index (χ2n) is 8.72. The Hall–Kier alpha value is -1.71. The van der Waals surface area contributed by atoms with E-state index in [4.69, 9.17) is 14.2 Å². The minimum atomic E-state index is -0.143. The van der Waals surface area contributed by atoms with Gasteiger partial charge in [0.05, 0.1) is 38.2 Å². The predicted molar refractivity (Wildman–Crippen MR) is 104 cm³/mol. The second-order valence-corrected chi connectivity index (χ2v) is 8.72. The van der Waals surface area contributed by atoms with Gasteiger partial charge in [-0.1, -0.05) is 37.3 Å². The number of fused-ring (bicyclic) bond motifs is 1. The minimum Gasteiger partial charge on any atom is -0.378 e. The number of morpholine rings is 1. The fraction of sp³-hybridized carbons (Fsp3) is 0.850. The van der Waals surface area contributed by atoms with Crippen LogP contribution < -0.4 is 5.32 Å². The van der Waals surface area contributed by atoms with Gasteiger partial charge in [0.25, 0.3) is 0 Å². The number of hydrogen-bond acceptors (Lipinski definition) is 6. The Balaban J connectivity index is 1.17. The smallest absolute Gasteiger partial charge is 0.317 e. The first-order chi connectivity index (χ1) is 14.3. The molecule has 1 aromatic rings. The molecule has 3 saturated heterocycles. The van der Waals surface area contributed by atoms with Crippen molar-refractivity contribution >= 4 is 6.03 Å². The summed E-state index contributed by atoms with van der Waals surface area (Å²) in [5.74, 6) is 0.740. The third-order valence-corrected chi connectivity index (χ3v) is 6.75. The molecule has 4 atom stereocenters. The summed E-state index contributed by atoms with van der Waals surface area (Å²) in [6, 6.07) is -0.186. The molecule has 0 bridgehead atoms. The van der Waals surface area contributed by atoms with Crippen LogP contribution in [-0.2, 0) is 20.6 Å². The van der Waals surface area contributed by atoms with Crippen molar-refractivity contribution in [1.29, 1.82) is 0 Å². The quantitative estimate of drug-likeness (QED) is 0.808. The van der Waals surface area contributed by atoms with Gasteiger partial charge in [-0.05, 0) is 12.3 Å². The number of nitrogens with one attached hydrogen (secondary N) is 1. The van der Waals surface area contributed by atoms with Gasteiger partial charge in [-0.3, -0.25) is 0 Å². The number of urea groups is 1. The minimum absolute atomic E-state index is 0.0119. The van der Waals surface area contributed by atoms with Crippen LogP contribution in [0.25, 0.3) is 0 Å². The van der Waals surface area contributed by atoms with Gasteiger partial charge in [0, 0.05) is 19.3 Å². The molecule has 5 rings (SSSR count). The summed E-state index contributed by atoms with van der Waals surface area (Å²) in [6.45, 7) is 3.43. The van der Waals surface area contributed by atoms with Crippen molar-refractivity contribution in [3.63, 3.8) is 0 Å². The molecule has 4 aliphatic rings. The first-order valence-electron chi connectivity index (χ1n) is 11.0. The molecule has 160 valence electrons. The molecule has 1 aliphatic carbocycles. The molecule has 1 saturated carbocycles. The van der Waals surface area contributed by atoms with Crippen molar-refractivity contribution in [2.45, 2.75) is 62.8 Å². The molecule has 0 radical (unpaired) electrons. The number of hydrogen-bond donors (Lipinski definition) is 1. The third kappa shape index (κ3) is 4.13. The highest BCUT2D eigenvalue weighted by atomic mass is 16.6. The summed E-state index contributed by atoms with van der Waals surface area (Å²) in [5.41, 5.74) is 1.07. The molecular weight excluding hydrogens is 374 g/mol. The number of ether oxygens (including phenoxy) is 3. The SMILES string of the molecule is O=C(N[C@H]1CO[C@H]2[C@@H]1OC[C@@H]2n1cc(CC2CCCCC2)nn1)N1CCOCC1. The zero-order valence-electron chi connectivity index (χ0n) is 16.9. The van der Waals surface area contributed by atoms with Crippen molar-refractivity contribution in [2.24, 2.45) is 5.92 Å². The van der Waals surface area contributed by atoms with Crippen LogP contribution in [0.4, 0.5) is 4.79 Å². The molecule has 3 aliphatic heterocycles. The third-order valence-electron chi connectivity index (χ3n) is 6.75. The van der Waals surface area contributed by atoms with Crippen LogP contribution in [-0.4, -0.2) is 83.7 Å². The zero-order valence-corrected chi connectivity index (χ0v) is 16.9. The average molecular weight is 405 g/mol. The molecule has 2 amide bonds. The number of aromatic nitrogens is 3. The highest BCUT2D eigenvalue weighted by molar-refractivity contribution is 5.74. The Bertz CT molecular complexity index is 701. The lowest BCUT2D eigenvalue weighted by Gasteiger charge is -2.29. The maximum Gasteiger partial charge on any atom is 0.317 e. The number of nitrogens with zero attached hydrogens (tertiary/aromatic N) is 4. The topological polar surface area (TPSA) is 90.7 Å². The van der Waals surface area contributed by atoms with Crippen LogP contribution >= 0.6 is 0 Å². The molecule has 1 aromatic heterocycles. The van der Waals surface area contributed by atoms with E-state index in [0.29, 0.717) is 39.5 Å². The summed E-state index contributed by atoms with van der Waals surface area (Å²) in [6.07, 6.45) is 9.48. The first-order valence-corrected chi connectivity index (χ1v) is 11.0. The summed E-state index contributed by atoms with van der Waals surface area (Å²) in [4.78, 5) is 14.3. The predicted octanol–water partition coefficient (Wildman–Crippen LogP) is 1.15. The molecule has 0 aromatic carbocycles. The van der Waals surface area contributed by atoms with E-state index in [9.17, 15) is 4.79 Å². The number of amides is 2. The van der Waals surface area contributed by atoms with Gasteiger partial charge >= 0.3 is 6.03 Å². The normalized spacial score (nSPS) is 33.0. The Morgan fingerprint density at radius 2 is 1.90 bits per heavy atom. The van der Waals surface area contributed by atoms with Crippen molar-refractivity contribution < 1.29 is 19.0 Å². The highest BCUT2D eigenvalue weighted by Crippen LogP contribution is 2.34. The number of rotatable bonds is 4. The summed E-state index contributed by atoms with van der Waals surface area (Å²) >= 11 is 0. The van der Waals surface area contributed by atoms with Gasteiger partial charge in [0.15, 0.2) is 0 Å². The lowest BCUT2D eigenvalue weighted by atomic mass is 9.86. The largest absolute Gasteiger partial charge is 0.378 e. The summed E-state index contributed by atoms with van der Waals surface area (Å²) < 4.78 is 19.3. The lowest BCUT2D eigenvalue weighted by molar-refractivity contribution is 0.0485. The highest BCUT2D eigenvalue weighted by Gasteiger charge is 2.49. The first kappa shape index (κ1) is 19.3. The van der Waals surface area contributed by atoms with Crippen molar-refractivity contribution in [2.75, 3.05) is 39.5 Å². The fourth-order valence-corrected chi connectivity index (χ4v) is 5.10. The molecule has 1 N–H and O–H groups in total. The Labute approximate surface area is 171 Å². The van der Waals surface area contributed by atoms with Crippen LogP contribution in [0.5, 0.6) is 0 Å². The maximum absolute atomic E-state index is 12.5. The van der Waals surface area contributed by atoms with Gasteiger partial charge < -0.3 is 24.4 Å². The fourth-order valence-electron chi connectivity index (χ4n) is 5.10. The van der Waals surface area contributed by atoms with E-state index in [2.05, 4.69) is 21.8 Å². The van der Waals surface area contributed by atoms with Crippen LogP contribution in [0.3, 0.4) is 0 Å². The van der Waals surface area contributed by atoms with Crippen molar-refractivity contribution in [1.82, 2.24) is 25.2 Å². The van der Waals surface area contributed by atoms with E-state index in [0.717, 1.165) is 18.0 Å². The summed E-state index contributed by atoms with van der Waals surface area (Å²) in [5, 5.41) is 11.9. The Morgan fingerprint density at radius 3 is 2.72 bits per heavy atom. The lowest BCUT2D eigenvalue weighted by Crippen LogP contribution is -2.52. The van der Waals surface area contributed by atoms with E-state index in [1.807, 2.05) is 4.68 Å². The average Bonchev–Trinajstić information content (AvgIpc) is 3.47. The summed E-state index contributed by atoms with van der Waals surface area (Å²) in [7, 11) is 0. The van der Waals surface area contributed by atoms with Crippen molar-refractivity contribution in [3.8, 4) is 0 Å². The standard InChI is InChI=1S/C20H31N5O4/c26-20(24-6-8-27-9-7-24)21-16-12-28-19-17(13-29-18(16)19)25-11-15(22-23-25)10-14-4-2-1-3-5-14/h11,14,16-19H,1-10,12-13H2,(H,21,26)/t16-,17-,18+,19+/m0/s1. The molecule has 9 heteroatoms. The zero-order chi connectivity index (χ0) is 19.6. The van der Waals surface area contributed by atoms with Crippen molar-refractivity contribution in [3.05, 3.63) is 11.9 Å². The van der Waals surface area contributed by atoms with Gasteiger partial charge in [0.2, 0.25) is 0 Å². The van der Waals surface area contributed by atoms with E-state index in [1.54, 1.807) is 4.90 Å². The van der Waals surface area contributed by atoms with Crippen LogP contribution in [0.1, 0.15) is 43.8 Å². The molecule has 4 fully saturated rings. The molecule has 29 heavy (non-hydrogen) atoms. The molecular formula is C20H31N5O4. The van der Waals surface area contributed by atoms with E-state index < -0.39 is 0 Å². The van der Waals surface area contributed by atoms with E-state index >= 15 is 0 Å². The molecule has 4 heterocycles. The second kappa shape index (κ2) is 8.57. The van der Waals surface area contributed by atoms with Crippen LogP contribution in [0.15, 0.2) is 6.20 Å². The van der Waals surface area contributed by atoms with Gasteiger partial charge in [0.1, 0.15) is 18.2 Å². The van der Waals surface area contributed by atoms with Gasteiger partial charge in [-0.2, -0.15) is 0 Å². The molecule has 0 spiro atoms. The maximum atomic E-state index is 12.5. The van der Waals surface area contributed by atoms with Crippen LogP contribution in [0.2, 0.25) is 0 Å². The van der Waals surface area contributed by atoms with E-state index in [1.165, 1.54) is 32.1 Å². The molecule has 9 nitrogen and oxygen atoms in total. The molecule has 0 unspecified atom stereocenters. The van der Waals surface area contributed by atoms with E-state index in [-0.39, 0.29) is 30.3 Å². The van der Waals surface area contributed by atoms with Gasteiger partial charge in [-0.25, -0.2) is 9.48 Å². The van der Waals surface area contributed by atoms with Crippen LogP contribution in [0, 0.1) is 5.92 Å². The van der Waals surface area contributed by atoms with Gasteiger partial charge in [-0.15, -0.1) is 5.10 Å². The number of carbonyl (C=O) groups excluding carboxylic acids is 1. The Kier molecular flexibility index (Phi) is 5.69.